The fourth-order valence-corrected chi connectivity index (χ4v) is 6.08. The maximum atomic E-state index is 12.9. The summed E-state index contributed by atoms with van der Waals surface area (Å²) in [4.78, 5) is 0.777. The Morgan fingerprint density at radius 1 is 0.750 bits per heavy atom. The molecule has 0 aliphatic heterocycles. The Balaban J connectivity index is 1.26. The van der Waals surface area contributed by atoms with Crippen molar-refractivity contribution in [3.8, 4) is 11.1 Å². The lowest BCUT2D eigenvalue weighted by molar-refractivity contribution is -0.137. The lowest BCUT2D eigenvalue weighted by Gasteiger charge is -2.09. The quantitative estimate of drug-likeness (QED) is 0.255. The summed E-state index contributed by atoms with van der Waals surface area (Å²) in [6.45, 7) is 0.865. The first-order valence-electron chi connectivity index (χ1n) is 11.3. The average molecular weight is 531 g/mol. The molecule has 0 unspecified atom stereocenters. The minimum Gasteiger partial charge on any atom is -0.308 e. The molecule has 1 aromatic heterocycles. The molecule has 2 N–H and O–H groups in total. The number of sulfonamides is 1. The smallest absolute Gasteiger partial charge is 0.308 e. The SMILES string of the molecule is O=S(=O)(NCCc1ccc(-c2ccccc2)cc1)c1ccc(CNCc2cccc(C(F)(F)F)c2)s1. The first kappa shape index (κ1) is 26.1. The van der Waals surface area contributed by atoms with E-state index in [1.807, 2.05) is 54.6 Å². The van der Waals surface area contributed by atoms with Crippen LogP contribution in [0, 0.1) is 0 Å². The van der Waals surface area contributed by atoms with Gasteiger partial charge in [0.05, 0.1) is 5.56 Å². The summed E-state index contributed by atoms with van der Waals surface area (Å²) in [6, 6.07) is 26.5. The van der Waals surface area contributed by atoms with Gasteiger partial charge in [0.15, 0.2) is 0 Å². The number of hydrogen-bond acceptors (Lipinski definition) is 4. The third kappa shape index (κ3) is 7.04. The highest BCUT2D eigenvalue weighted by Gasteiger charge is 2.30. The Kier molecular flexibility index (Phi) is 8.25. The van der Waals surface area contributed by atoms with Crippen molar-refractivity contribution in [2.24, 2.45) is 0 Å². The van der Waals surface area contributed by atoms with Gasteiger partial charge in [-0.15, -0.1) is 11.3 Å². The van der Waals surface area contributed by atoms with Crippen LogP contribution in [-0.4, -0.2) is 15.0 Å². The van der Waals surface area contributed by atoms with Gasteiger partial charge in [0.1, 0.15) is 4.21 Å². The van der Waals surface area contributed by atoms with Gasteiger partial charge in [0.25, 0.3) is 0 Å². The number of halogens is 3. The highest BCUT2D eigenvalue weighted by molar-refractivity contribution is 7.91. The molecule has 0 saturated heterocycles. The molecule has 0 spiro atoms. The van der Waals surface area contributed by atoms with Crippen molar-refractivity contribution >= 4 is 21.4 Å². The van der Waals surface area contributed by atoms with Crippen molar-refractivity contribution < 1.29 is 21.6 Å². The molecule has 0 fully saturated rings. The minimum absolute atomic E-state index is 0.206. The van der Waals surface area contributed by atoms with E-state index < -0.39 is 21.8 Å². The second-order valence-electron chi connectivity index (χ2n) is 8.23. The van der Waals surface area contributed by atoms with Gasteiger partial charge in [0.2, 0.25) is 10.0 Å². The second kappa shape index (κ2) is 11.4. The van der Waals surface area contributed by atoms with Crippen LogP contribution < -0.4 is 10.0 Å². The van der Waals surface area contributed by atoms with Gasteiger partial charge in [-0.25, -0.2) is 13.1 Å². The van der Waals surface area contributed by atoms with E-state index in [0.717, 1.165) is 45.0 Å². The summed E-state index contributed by atoms with van der Waals surface area (Å²) in [5.74, 6) is 0. The van der Waals surface area contributed by atoms with Crippen molar-refractivity contribution in [2.45, 2.75) is 29.9 Å². The maximum absolute atomic E-state index is 12.9. The van der Waals surface area contributed by atoms with Crippen molar-refractivity contribution in [1.29, 1.82) is 0 Å². The zero-order valence-corrected chi connectivity index (χ0v) is 20.9. The third-order valence-electron chi connectivity index (χ3n) is 5.55. The second-order valence-corrected chi connectivity index (χ2v) is 11.4. The third-order valence-corrected chi connectivity index (χ3v) is 8.59. The van der Waals surface area contributed by atoms with Crippen molar-refractivity contribution in [3.05, 3.63) is 113 Å². The van der Waals surface area contributed by atoms with Gasteiger partial charge in [-0.05, 0) is 46.9 Å². The van der Waals surface area contributed by atoms with Crippen LogP contribution in [0.1, 0.15) is 21.6 Å². The molecule has 0 saturated carbocycles. The summed E-state index contributed by atoms with van der Waals surface area (Å²) in [6.07, 6.45) is -3.82. The fraction of sp³-hybridized carbons (Fsp3) is 0.185. The molecule has 4 nitrogen and oxygen atoms in total. The number of alkyl halides is 3. The largest absolute Gasteiger partial charge is 0.416 e. The Bertz CT molecular complexity index is 1380. The molecule has 3 aromatic carbocycles. The maximum Gasteiger partial charge on any atom is 0.416 e. The molecule has 4 rings (SSSR count). The lowest BCUT2D eigenvalue weighted by atomic mass is 10.0. The van der Waals surface area contributed by atoms with E-state index >= 15 is 0 Å². The van der Waals surface area contributed by atoms with Crippen LogP contribution in [0.5, 0.6) is 0 Å². The Hall–Kier alpha value is -2.98. The minimum atomic E-state index is -4.38. The fourth-order valence-electron chi connectivity index (χ4n) is 3.68. The van der Waals surface area contributed by atoms with Crippen LogP contribution in [0.25, 0.3) is 11.1 Å². The standard InChI is InChI=1S/C27H25F3N2O2S2/c28-27(29,30)24-8-4-5-21(17-24)18-31-19-25-13-14-26(35-25)36(33,34)32-16-15-20-9-11-23(12-10-20)22-6-2-1-3-7-22/h1-14,17,31-32H,15-16,18-19H2. The topological polar surface area (TPSA) is 58.2 Å². The molecule has 0 radical (unpaired) electrons. The summed E-state index contributed by atoms with van der Waals surface area (Å²) < 4.78 is 66.8. The number of thiophene rings is 1. The normalized spacial score (nSPS) is 12.1. The number of rotatable bonds is 10. The van der Waals surface area contributed by atoms with Crippen LogP contribution in [0.3, 0.4) is 0 Å². The zero-order valence-electron chi connectivity index (χ0n) is 19.3. The van der Waals surface area contributed by atoms with Gasteiger partial charge >= 0.3 is 6.18 Å². The molecule has 1 heterocycles. The predicted molar refractivity (Wildman–Crippen MR) is 137 cm³/mol. The van der Waals surface area contributed by atoms with Gasteiger partial charge in [-0.1, -0.05) is 72.8 Å². The number of hydrogen-bond donors (Lipinski definition) is 2. The Labute approximate surface area is 212 Å². The van der Waals surface area contributed by atoms with E-state index in [1.54, 1.807) is 18.2 Å². The summed E-state index contributed by atoms with van der Waals surface area (Å²) in [5, 5.41) is 3.07. The van der Waals surface area contributed by atoms with E-state index in [-0.39, 0.29) is 17.3 Å². The monoisotopic (exact) mass is 530 g/mol. The van der Waals surface area contributed by atoms with Crippen molar-refractivity contribution in [1.82, 2.24) is 10.0 Å². The van der Waals surface area contributed by atoms with Gasteiger partial charge < -0.3 is 5.32 Å². The Morgan fingerprint density at radius 3 is 2.19 bits per heavy atom. The summed E-state index contributed by atoms with van der Waals surface area (Å²) >= 11 is 1.14. The van der Waals surface area contributed by atoms with E-state index in [0.29, 0.717) is 18.5 Å². The van der Waals surface area contributed by atoms with Crippen LogP contribution >= 0.6 is 11.3 Å². The van der Waals surface area contributed by atoms with E-state index in [1.165, 1.54) is 6.07 Å². The number of nitrogens with one attached hydrogen (secondary N) is 2. The zero-order chi connectivity index (χ0) is 25.6. The van der Waals surface area contributed by atoms with E-state index in [4.69, 9.17) is 0 Å². The predicted octanol–water partition coefficient (Wildman–Crippen LogP) is 6.24. The molecular weight excluding hydrogens is 505 g/mol. The first-order chi connectivity index (χ1) is 17.2. The molecule has 0 atom stereocenters. The van der Waals surface area contributed by atoms with Gasteiger partial charge in [-0.2, -0.15) is 13.2 Å². The van der Waals surface area contributed by atoms with Crippen LogP contribution in [0.2, 0.25) is 0 Å². The van der Waals surface area contributed by atoms with Crippen LogP contribution in [0.4, 0.5) is 13.2 Å². The van der Waals surface area contributed by atoms with Gasteiger partial charge in [0, 0.05) is 24.5 Å². The highest BCUT2D eigenvalue weighted by atomic mass is 32.2. The molecule has 0 amide bonds. The van der Waals surface area contributed by atoms with Crippen molar-refractivity contribution in [3.63, 3.8) is 0 Å². The molecule has 188 valence electrons. The molecule has 0 bridgehead atoms. The van der Waals surface area contributed by atoms with Crippen molar-refractivity contribution in [2.75, 3.05) is 6.54 Å². The van der Waals surface area contributed by atoms with E-state index in [2.05, 4.69) is 10.0 Å². The van der Waals surface area contributed by atoms with Crippen LogP contribution in [0.15, 0.2) is 95.2 Å². The lowest BCUT2D eigenvalue weighted by Crippen LogP contribution is -2.25. The molecule has 0 aliphatic carbocycles. The molecule has 0 aliphatic rings. The molecule has 9 heteroatoms. The van der Waals surface area contributed by atoms with Crippen LogP contribution in [-0.2, 0) is 35.7 Å². The molecular formula is C27H25F3N2O2S2. The summed E-state index contributed by atoms with van der Waals surface area (Å²) in [5.41, 5.74) is 3.08. The Morgan fingerprint density at radius 2 is 1.47 bits per heavy atom. The summed E-state index contributed by atoms with van der Waals surface area (Å²) in [7, 11) is -3.64. The highest BCUT2D eigenvalue weighted by Crippen LogP contribution is 2.29. The number of benzene rings is 3. The molecule has 4 aromatic rings. The molecule has 36 heavy (non-hydrogen) atoms. The first-order valence-corrected chi connectivity index (χ1v) is 13.6. The van der Waals surface area contributed by atoms with E-state index in [9.17, 15) is 21.6 Å². The average Bonchev–Trinajstić information content (AvgIpc) is 3.35. The van der Waals surface area contributed by atoms with Gasteiger partial charge in [-0.3, -0.25) is 0 Å².